The molecule has 0 amide bonds. The highest BCUT2D eigenvalue weighted by molar-refractivity contribution is 7.92. The minimum absolute atomic E-state index is 0.157. The van der Waals surface area contributed by atoms with Gasteiger partial charge in [0.05, 0.1) is 5.75 Å². The van der Waals surface area contributed by atoms with Gasteiger partial charge in [0.25, 0.3) is 0 Å². The van der Waals surface area contributed by atoms with Crippen LogP contribution in [0, 0.1) is 0 Å². The molecule has 0 saturated carbocycles. The van der Waals surface area contributed by atoms with Gasteiger partial charge < -0.3 is 0 Å². The molecular formula is C13H16O3S. The molecule has 3 nitrogen and oxygen atoms in total. The average Bonchev–Trinajstić information content (AvgIpc) is 2.29. The van der Waals surface area contributed by atoms with Crippen LogP contribution in [0.3, 0.4) is 0 Å². The SMILES string of the molecule is O=C(Cc1ccccc1)C1CCCCS1(=O)=O. The Morgan fingerprint density at radius 2 is 1.88 bits per heavy atom. The maximum atomic E-state index is 12.0. The van der Waals surface area contributed by atoms with Gasteiger partial charge in [-0.1, -0.05) is 36.8 Å². The Labute approximate surface area is 102 Å². The summed E-state index contributed by atoms with van der Waals surface area (Å²) in [5, 5.41) is -0.767. The van der Waals surface area contributed by atoms with Gasteiger partial charge in [-0.15, -0.1) is 0 Å². The maximum Gasteiger partial charge on any atom is 0.160 e. The molecule has 2 rings (SSSR count). The number of Topliss-reactive ketones (excluding diaryl/α,β-unsaturated/α-hetero) is 1. The van der Waals surface area contributed by atoms with Gasteiger partial charge in [-0.25, -0.2) is 8.42 Å². The predicted molar refractivity (Wildman–Crippen MR) is 66.6 cm³/mol. The molecule has 17 heavy (non-hydrogen) atoms. The van der Waals surface area contributed by atoms with Crippen molar-refractivity contribution >= 4 is 15.6 Å². The summed E-state index contributed by atoms with van der Waals surface area (Å²) in [4.78, 5) is 12.0. The van der Waals surface area contributed by atoms with Crippen LogP contribution in [0.1, 0.15) is 24.8 Å². The average molecular weight is 252 g/mol. The molecule has 0 N–H and O–H groups in total. The first-order valence-electron chi connectivity index (χ1n) is 5.88. The molecule has 1 aliphatic heterocycles. The Morgan fingerprint density at radius 1 is 1.18 bits per heavy atom. The van der Waals surface area contributed by atoms with Crippen molar-refractivity contribution < 1.29 is 13.2 Å². The lowest BCUT2D eigenvalue weighted by atomic mass is 10.0. The second-order valence-corrected chi connectivity index (χ2v) is 6.78. The highest BCUT2D eigenvalue weighted by atomic mass is 32.2. The fourth-order valence-corrected chi connectivity index (χ4v) is 4.13. The molecule has 1 saturated heterocycles. The molecule has 0 aliphatic carbocycles. The molecular weight excluding hydrogens is 236 g/mol. The third-order valence-corrected chi connectivity index (χ3v) is 5.38. The van der Waals surface area contributed by atoms with Gasteiger partial charge in [0.2, 0.25) is 0 Å². The highest BCUT2D eigenvalue weighted by Crippen LogP contribution is 2.21. The third kappa shape index (κ3) is 2.94. The van der Waals surface area contributed by atoms with Crippen molar-refractivity contribution in [2.45, 2.75) is 30.9 Å². The molecule has 1 unspecified atom stereocenters. The van der Waals surface area contributed by atoms with E-state index in [2.05, 4.69) is 0 Å². The fraction of sp³-hybridized carbons (Fsp3) is 0.462. The van der Waals surface area contributed by atoms with Crippen molar-refractivity contribution in [2.24, 2.45) is 0 Å². The number of hydrogen-bond acceptors (Lipinski definition) is 3. The standard InChI is InChI=1S/C13H16O3S/c14-12(10-11-6-2-1-3-7-11)13-8-4-5-9-17(13,15)16/h1-3,6-7,13H,4-5,8-10H2. The van der Waals surface area contributed by atoms with Gasteiger partial charge in [-0.3, -0.25) is 4.79 Å². The van der Waals surface area contributed by atoms with Crippen LogP contribution in [0.15, 0.2) is 30.3 Å². The van der Waals surface area contributed by atoms with Crippen molar-refractivity contribution in [2.75, 3.05) is 5.75 Å². The molecule has 1 fully saturated rings. The summed E-state index contributed by atoms with van der Waals surface area (Å²) in [5.74, 6) is 0.00830. The molecule has 1 aromatic rings. The number of carbonyl (C=O) groups is 1. The first kappa shape index (κ1) is 12.3. The highest BCUT2D eigenvalue weighted by Gasteiger charge is 2.34. The van der Waals surface area contributed by atoms with Gasteiger partial charge >= 0.3 is 0 Å². The van der Waals surface area contributed by atoms with E-state index in [0.717, 1.165) is 12.0 Å². The summed E-state index contributed by atoms with van der Waals surface area (Å²) < 4.78 is 23.6. The summed E-state index contributed by atoms with van der Waals surface area (Å²) in [6.45, 7) is 0. The van der Waals surface area contributed by atoms with Crippen LogP contribution >= 0.6 is 0 Å². The van der Waals surface area contributed by atoms with Crippen LogP contribution in [0.2, 0.25) is 0 Å². The first-order chi connectivity index (χ1) is 8.09. The largest absolute Gasteiger partial charge is 0.298 e. The summed E-state index contributed by atoms with van der Waals surface area (Å²) in [5.41, 5.74) is 0.887. The lowest BCUT2D eigenvalue weighted by Crippen LogP contribution is -2.36. The van der Waals surface area contributed by atoms with Crippen molar-refractivity contribution in [1.29, 1.82) is 0 Å². The second-order valence-electron chi connectivity index (χ2n) is 4.48. The molecule has 0 spiro atoms. The second kappa shape index (κ2) is 5.00. The molecule has 1 atom stereocenters. The quantitative estimate of drug-likeness (QED) is 0.823. The number of sulfone groups is 1. The van der Waals surface area contributed by atoms with Crippen molar-refractivity contribution in [1.82, 2.24) is 0 Å². The van der Waals surface area contributed by atoms with E-state index < -0.39 is 15.1 Å². The Morgan fingerprint density at radius 3 is 2.53 bits per heavy atom. The lowest BCUT2D eigenvalue weighted by molar-refractivity contribution is -0.118. The number of carbonyl (C=O) groups excluding carboxylic acids is 1. The van der Waals surface area contributed by atoms with Crippen LogP contribution < -0.4 is 0 Å². The number of hydrogen-bond donors (Lipinski definition) is 0. The van der Waals surface area contributed by atoms with Crippen molar-refractivity contribution in [3.8, 4) is 0 Å². The van der Waals surface area contributed by atoms with Crippen LogP contribution in [0.5, 0.6) is 0 Å². The van der Waals surface area contributed by atoms with Crippen molar-refractivity contribution in [3.63, 3.8) is 0 Å². The summed E-state index contributed by atoms with van der Waals surface area (Å²) >= 11 is 0. The molecule has 0 bridgehead atoms. The molecule has 0 radical (unpaired) electrons. The van der Waals surface area contributed by atoms with E-state index in [1.165, 1.54) is 0 Å². The molecule has 1 heterocycles. The van der Waals surface area contributed by atoms with E-state index in [9.17, 15) is 13.2 Å². The molecule has 0 aromatic heterocycles. The number of ketones is 1. The summed E-state index contributed by atoms with van der Waals surface area (Å²) in [7, 11) is -3.19. The first-order valence-corrected chi connectivity index (χ1v) is 7.59. The van der Waals surface area contributed by atoms with Gasteiger partial charge in [0.15, 0.2) is 15.6 Å². The minimum atomic E-state index is -3.19. The van der Waals surface area contributed by atoms with E-state index in [-0.39, 0.29) is 18.0 Å². The zero-order valence-electron chi connectivity index (χ0n) is 9.63. The van der Waals surface area contributed by atoms with Crippen LogP contribution in [0.25, 0.3) is 0 Å². The fourth-order valence-electron chi connectivity index (χ4n) is 2.23. The summed E-state index contributed by atoms with van der Waals surface area (Å²) in [6.07, 6.45) is 2.25. The monoisotopic (exact) mass is 252 g/mol. The predicted octanol–water partition coefficient (Wildman–Crippen LogP) is 1.77. The third-order valence-electron chi connectivity index (χ3n) is 3.16. The van der Waals surface area contributed by atoms with Gasteiger partial charge in [0.1, 0.15) is 5.25 Å². The Hall–Kier alpha value is -1.16. The molecule has 92 valence electrons. The number of benzene rings is 1. The van der Waals surface area contributed by atoms with E-state index in [1.54, 1.807) is 0 Å². The zero-order valence-corrected chi connectivity index (χ0v) is 10.4. The molecule has 4 heteroatoms. The van der Waals surface area contributed by atoms with E-state index in [4.69, 9.17) is 0 Å². The summed E-state index contributed by atoms with van der Waals surface area (Å²) in [6, 6.07) is 9.31. The van der Waals surface area contributed by atoms with Crippen molar-refractivity contribution in [3.05, 3.63) is 35.9 Å². The van der Waals surface area contributed by atoms with E-state index in [1.807, 2.05) is 30.3 Å². The Bertz CT molecular complexity index is 491. The lowest BCUT2D eigenvalue weighted by Gasteiger charge is -2.20. The zero-order chi connectivity index (χ0) is 12.3. The minimum Gasteiger partial charge on any atom is -0.298 e. The Kier molecular flexibility index (Phi) is 3.62. The Balaban J connectivity index is 2.10. The van der Waals surface area contributed by atoms with E-state index >= 15 is 0 Å². The van der Waals surface area contributed by atoms with E-state index in [0.29, 0.717) is 12.8 Å². The van der Waals surface area contributed by atoms with Gasteiger partial charge in [-0.05, 0) is 18.4 Å². The smallest absolute Gasteiger partial charge is 0.160 e. The van der Waals surface area contributed by atoms with Crippen LogP contribution in [-0.4, -0.2) is 25.2 Å². The van der Waals surface area contributed by atoms with Gasteiger partial charge in [0, 0.05) is 6.42 Å². The van der Waals surface area contributed by atoms with Gasteiger partial charge in [-0.2, -0.15) is 0 Å². The maximum absolute atomic E-state index is 12.0. The number of rotatable bonds is 3. The normalized spacial score (nSPS) is 23.2. The molecule has 1 aromatic carbocycles. The topological polar surface area (TPSA) is 51.2 Å². The van der Waals surface area contributed by atoms with Crippen LogP contribution in [-0.2, 0) is 21.1 Å². The molecule has 1 aliphatic rings. The van der Waals surface area contributed by atoms with Crippen LogP contribution in [0.4, 0.5) is 0 Å².